The van der Waals surface area contributed by atoms with Crippen molar-refractivity contribution in [1.82, 2.24) is 9.80 Å². The van der Waals surface area contributed by atoms with Gasteiger partial charge in [0.1, 0.15) is 28.4 Å². The number of nitrogens with one attached hydrogen (secondary N) is 2. The van der Waals surface area contributed by atoms with Gasteiger partial charge in [0, 0.05) is 47.5 Å². The molecular weight excluding hydrogens is 713 g/mol. The third-order valence-corrected chi connectivity index (χ3v) is 9.21. The highest BCUT2D eigenvalue weighted by Crippen LogP contribution is 2.38. The Bertz CT molecular complexity index is 1870. The van der Waals surface area contributed by atoms with Gasteiger partial charge in [-0.15, -0.1) is 0 Å². The molecule has 2 N–H and O–H groups in total. The van der Waals surface area contributed by atoms with Gasteiger partial charge in [0.25, 0.3) is 11.8 Å². The Morgan fingerprint density at radius 3 is 2.09 bits per heavy atom. The molecule has 1 aliphatic rings. The third-order valence-electron chi connectivity index (χ3n) is 8.36. The first-order valence-corrected chi connectivity index (χ1v) is 18.5. The predicted molar refractivity (Wildman–Crippen MR) is 217 cm³/mol. The van der Waals surface area contributed by atoms with Gasteiger partial charge in [0.2, 0.25) is 0 Å². The number of benzene rings is 4. The molecule has 0 aliphatic carbocycles. The lowest BCUT2D eigenvalue weighted by molar-refractivity contribution is 0.0827. The molecule has 0 radical (unpaired) electrons. The van der Waals surface area contributed by atoms with E-state index in [1.807, 2.05) is 110 Å². The van der Waals surface area contributed by atoms with E-state index in [1.54, 1.807) is 23.1 Å². The molecule has 0 bridgehead atoms. The first kappa shape index (κ1) is 41.3. The molecule has 2 amide bonds. The first-order valence-electron chi connectivity index (χ1n) is 17.7. The number of amides is 2. The topological polar surface area (TPSA) is 95.6 Å². The Kier molecular flexibility index (Phi) is 15.2. The van der Waals surface area contributed by atoms with Gasteiger partial charge >= 0.3 is 0 Å². The number of hydrogen-bond donors (Lipinski definition) is 2. The summed E-state index contributed by atoms with van der Waals surface area (Å²) in [5.74, 6) is 1.33. The number of fused-ring (bicyclic) bond motifs is 1. The Labute approximate surface area is 323 Å². The second kappa shape index (κ2) is 19.6. The lowest BCUT2D eigenvalue weighted by atomic mass is 10.1. The zero-order valence-electron chi connectivity index (χ0n) is 31.9. The van der Waals surface area contributed by atoms with Crippen LogP contribution < -0.4 is 29.7 Å². The van der Waals surface area contributed by atoms with Gasteiger partial charge in [-0.1, -0.05) is 35.3 Å². The van der Waals surface area contributed by atoms with Crippen molar-refractivity contribution in [2.24, 2.45) is 0 Å². The van der Waals surface area contributed by atoms with E-state index < -0.39 is 6.23 Å². The summed E-state index contributed by atoms with van der Waals surface area (Å²) in [6.07, 6.45) is 0.281. The van der Waals surface area contributed by atoms with Crippen molar-refractivity contribution < 1.29 is 23.8 Å². The summed E-state index contributed by atoms with van der Waals surface area (Å²) in [6.45, 7) is 11.0. The predicted octanol–water partition coefficient (Wildman–Crippen LogP) is 8.64. The van der Waals surface area contributed by atoms with Crippen LogP contribution >= 0.6 is 23.2 Å². The Morgan fingerprint density at radius 1 is 0.830 bits per heavy atom. The molecule has 1 aliphatic heterocycles. The summed E-state index contributed by atoms with van der Waals surface area (Å²) in [6, 6.07) is 22.0. The number of aryl methyl sites for hydroxylation is 2. The van der Waals surface area contributed by atoms with Crippen molar-refractivity contribution in [3.05, 3.63) is 105 Å². The second-order valence-electron chi connectivity index (χ2n) is 13.1. The average Bonchev–Trinajstić information content (AvgIpc) is 3.11. The van der Waals surface area contributed by atoms with Gasteiger partial charge in [-0.25, -0.2) is 0 Å². The highest BCUT2D eigenvalue weighted by atomic mass is 35.5. The molecule has 0 spiro atoms. The molecule has 53 heavy (non-hydrogen) atoms. The van der Waals surface area contributed by atoms with E-state index in [-0.39, 0.29) is 11.8 Å². The number of carbonyl (C=O) groups excluding carboxylic acids is 2. The van der Waals surface area contributed by atoms with Gasteiger partial charge in [0.05, 0.1) is 18.9 Å². The lowest BCUT2D eigenvalue weighted by Gasteiger charge is -2.38. The molecule has 4 aromatic rings. The Morgan fingerprint density at radius 2 is 1.45 bits per heavy atom. The lowest BCUT2D eigenvalue weighted by Crippen LogP contribution is -2.49. The fourth-order valence-corrected chi connectivity index (χ4v) is 5.92. The summed E-state index contributed by atoms with van der Waals surface area (Å²) in [7, 11) is 8.02. The van der Waals surface area contributed by atoms with E-state index in [2.05, 4.69) is 20.4 Å². The monoisotopic (exact) mass is 763 g/mol. The number of likely N-dealkylation sites (N-methyl/N-ethyl adjacent to an activating group) is 1. The normalized spacial score (nSPS) is 13.5. The molecule has 1 atom stereocenters. The number of halogens is 2. The summed E-state index contributed by atoms with van der Waals surface area (Å²) in [4.78, 5) is 32.3. The standard InChI is InChI=1S/C21H25ClN2O3.C20H26ClN3O2/c1-5-26-17-7-6-8-18-20(17)21(25)24(19(27-18)11-12-23(3)4)15-9-10-16(22)14(2)13-15;1-5-26-18-8-6-7-17(22-11-12-24(3)4)19(18)20(25)23-15-9-10-16(21)14(2)13-15/h6-10,13,19H,5,11-12H2,1-4H3;6-10,13,22H,5,11-12H2,1-4H3,(H,23,25). The molecule has 0 fully saturated rings. The highest BCUT2D eigenvalue weighted by Gasteiger charge is 2.37. The van der Waals surface area contributed by atoms with E-state index in [9.17, 15) is 9.59 Å². The van der Waals surface area contributed by atoms with Crippen LogP contribution in [0.25, 0.3) is 0 Å². The molecule has 10 nitrogen and oxygen atoms in total. The van der Waals surface area contributed by atoms with Crippen molar-refractivity contribution in [3.8, 4) is 17.2 Å². The van der Waals surface area contributed by atoms with Gasteiger partial charge in [-0.3, -0.25) is 14.5 Å². The van der Waals surface area contributed by atoms with Gasteiger partial charge < -0.3 is 34.6 Å². The van der Waals surface area contributed by atoms with E-state index >= 15 is 0 Å². The van der Waals surface area contributed by atoms with Crippen LogP contribution in [0.3, 0.4) is 0 Å². The Hall–Kier alpha value is -4.48. The number of anilines is 3. The van der Waals surface area contributed by atoms with E-state index in [1.165, 1.54) is 0 Å². The summed E-state index contributed by atoms with van der Waals surface area (Å²) >= 11 is 12.2. The molecule has 284 valence electrons. The maximum absolute atomic E-state index is 13.5. The molecule has 0 saturated carbocycles. The van der Waals surface area contributed by atoms with Crippen LogP contribution in [0.1, 0.15) is 52.1 Å². The molecule has 4 aromatic carbocycles. The molecule has 1 heterocycles. The van der Waals surface area contributed by atoms with E-state index in [0.29, 0.717) is 63.7 Å². The number of carbonyl (C=O) groups is 2. The third kappa shape index (κ3) is 11.0. The largest absolute Gasteiger partial charge is 0.493 e. The smallest absolute Gasteiger partial charge is 0.268 e. The fourth-order valence-electron chi connectivity index (χ4n) is 5.68. The van der Waals surface area contributed by atoms with Crippen LogP contribution in [-0.2, 0) is 0 Å². The van der Waals surface area contributed by atoms with Crippen molar-refractivity contribution in [2.45, 2.75) is 40.3 Å². The van der Waals surface area contributed by atoms with Crippen LogP contribution in [0.2, 0.25) is 10.0 Å². The van der Waals surface area contributed by atoms with Crippen molar-refractivity contribution in [3.63, 3.8) is 0 Å². The number of ether oxygens (including phenoxy) is 3. The fraction of sp³-hybridized carbons (Fsp3) is 0.366. The zero-order chi connectivity index (χ0) is 38.7. The quantitative estimate of drug-likeness (QED) is 0.132. The SMILES string of the molecule is CCOc1cccc(NCCN(C)C)c1C(=O)Nc1ccc(Cl)c(C)c1.CCOc1cccc2c1C(=O)N(c1ccc(Cl)c(C)c1)C(CCN(C)C)O2. The number of nitrogens with zero attached hydrogens (tertiary/aromatic N) is 3. The first-order chi connectivity index (χ1) is 25.3. The van der Waals surface area contributed by atoms with Crippen LogP contribution in [0.15, 0.2) is 72.8 Å². The minimum Gasteiger partial charge on any atom is -0.493 e. The molecule has 1 unspecified atom stereocenters. The molecular formula is C41H51Cl2N5O5. The summed E-state index contributed by atoms with van der Waals surface area (Å²) < 4.78 is 17.6. The van der Waals surface area contributed by atoms with Crippen molar-refractivity contribution in [1.29, 1.82) is 0 Å². The maximum atomic E-state index is 13.5. The highest BCUT2D eigenvalue weighted by molar-refractivity contribution is 6.31. The summed E-state index contributed by atoms with van der Waals surface area (Å²) in [5.41, 5.74) is 5.00. The van der Waals surface area contributed by atoms with Gasteiger partial charge in [-0.05, 0) is 128 Å². The minimum absolute atomic E-state index is 0.120. The molecule has 0 saturated heterocycles. The minimum atomic E-state index is -0.398. The van der Waals surface area contributed by atoms with E-state index in [4.69, 9.17) is 37.4 Å². The van der Waals surface area contributed by atoms with Gasteiger partial charge in [0.15, 0.2) is 6.23 Å². The van der Waals surface area contributed by atoms with Gasteiger partial charge in [-0.2, -0.15) is 0 Å². The molecule has 5 rings (SSSR count). The van der Waals surface area contributed by atoms with Crippen molar-refractivity contribution in [2.75, 3.05) is 76.6 Å². The van der Waals surface area contributed by atoms with Crippen molar-refractivity contribution >= 4 is 52.1 Å². The molecule has 12 heteroatoms. The average molecular weight is 765 g/mol. The number of rotatable bonds is 14. The second-order valence-corrected chi connectivity index (χ2v) is 13.9. The Balaban J connectivity index is 0.000000237. The molecule has 0 aromatic heterocycles. The summed E-state index contributed by atoms with van der Waals surface area (Å²) in [5, 5.41) is 7.60. The maximum Gasteiger partial charge on any atom is 0.268 e. The zero-order valence-corrected chi connectivity index (χ0v) is 33.4. The van der Waals surface area contributed by atoms with Crippen LogP contribution in [0.4, 0.5) is 17.1 Å². The van der Waals surface area contributed by atoms with Crippen LogP contribution in [0, 0.1) is 13.8 Å². The van der Waals surface area contributed by atoms with Crippen LogP contribution in [-0.4, -0.2) is 88.9 Å². The number of hydrogen-bond acceptors (Lipinski definition) is 8. The van der Waals surface area contributed by atoms with E-state index in [0.717, 1.165) is 42.1 Å². The van der Waals surface area contributed by atoms with Crippen LogP contribution in [0.5, 0.6) is 17.2 Å².